The summed E-state index contributed by atoms with van der Waals surface area (Å²) in [5, 5.41) is 10.5. The molecule has 1 unspecified atom stereocenters. The number of hydroxylamine groups is 1. The highest BCUT2D eigenvalue weighted by Gasteiger charge is 2.41. The summed E-state index contributed by atoms with van der Waals surface area (Å²) in [5.74, 6) is 0.0444. The quantitative estimate of drug-likeness (QED) is 0.770. The van der Waals surface area contributed by atoms with Gasteiger partial charge in [-0.15, -0.1) is 0 Å². The van der Waals surface area contributed by atoms with E-state index in [1.165, 1.54) is 0 Å². The number of hydrogen-bond donors (Lipinski definition) is 2. The molecule has 1 atom stereocenters. The second-order valence-corrected chi connectivity index (χ2v) is 5.03. The van der Waals surface area contributed by atoms with Crippen molar-refractivity contribution in [3.63, 3.8) is 0 Å². The first-order chi connectivity index (χ1) is 9.67. The number of rotatable bonds is 0. The van der Waals surface area contributed by atoms with Gasteiger partial charge >= 0.3 is 0 Å². The number of nitrogens with one attached hydrogen (secondary N) is 1. The smallest absolute Gasteiger partial charge is 0.217 e. The van der Waals surface area contributed by atoms with Gasteiger partial charge in [0.1, 0.15) is 11.5 Å². The van der Waals surface area contributed by atoms with Crippen LogP contribution in [0.15, 0.2) is 48.5 Å². The van der Waals surface area contributed by atoms with Crippen LogP contribution >= 0.6 is 0 Å². The van der Waals surface area contributed by atoms with Crippen LogP contribution in [0, 0.1) is 0 Å². The molecule has 4 heteroatoms. The summed E-state index contributed by atoms with van der Waals surface area (Å²) in [6, 6.07) is 15.3. The average Bonchev–Trinajstić information content (AvgIpc) is 2.67. The van der Waals surface area contributed by atoms with Crippen molar-refractivity contribution in [3.05, 3.63) is 59.7 Å². The Balaban J connectivity index is 2.09. The first kappa shape index (κ1) is 11.5. The van der Waals surface area contributed by atoms with E-state index in [2.05, 4.69) is 5.48 Å². The molecule has 20 heavy (non-hydrogen) atoms. The molecule has 4 rings (SSSR count). The minimum Gasteiger partial charge on any atom is -0.456 e. The summed E-state index contributed by atoms with van der Waals surface area (Å²) in [6.07, 6.45) is 0. The third-order valence-electron chi connectivity index (χ3n) is 3.60. The van der Waals surface area contributed by atoms with Crippen molar-refractivity contribution >= 4 is 11.3 Å². The lowest BCUT2D eigenvalue weighted by Gasteiger charge is -2.19. The van der Waals surface area contributed by atoms with E-state index in [4.69, 9.17) is 9.57 Å². The molecular formula is C16H13NO3. The number of aliphatic hydroxyl groups is 1. The maximum atomic E-state index is 10.5. The van der Waals surface area contributed by atoms with Crippen LogP contribution in [0.25, 0.3) is 11.3 Å². The lowest BCUT2D eigenvalue weighted by Crippen LogP contribution is -2.27. The van der Waals surface area contributed by atoms with Gasteiger partial charge in [-0.25, -0.2) is 4.84 Å². The molecule has 2 aromatic rings. The van der Waals surface area contributed by atoms with E-state index >= 15 is 0 Å². The Morgan fingerprint density at radius 3 is 2.30 bits per heavy atom. The zero-order chi connectivity index (χ0) is 13.7. The molecule has 2 aliphatic rings. The highest BCUT2D eigenvalue weighted by Crippen LogP contribution is 2.47. The van der Waals surface area contributed by atoms with E-state index in [9.17, 15) is 5.11 Å². The molecule has 0 radical (unpaired) electrons. The summed E-state index contributed by atoms with van der Waals surface area (Å²) in [4.78, 5) is 5.33. The fourth-order valence-electron chi connectivity index (χ4n) is 2.70. The van der Waals surface area contributed by atoms with Gasteiger partial charge in [0.05, 0.1) is 5.70 Å². The lowest BCUT2D eigenvalue weighted by molar-refractivity contribution is -0.160. The Labute approximate surface area is 116 Å². The standard InChI is InChI=1S/C16H13NO3/c1-16(18)14-10-6-2-4-8-12(10)19-13-9-5-3-7-11(13)15(14)17-20-16/h2-9,17-18H,1H3. The SMILES string of the molecule is CC1(O)ONC2=C1c1ccccc1Oc1ccccc12. The molecule has 2 heterocycles. The average molecular weight is 267 g/mol. The van der Waals surface area contributed by atoms with E-state index in [0.717, 1.165) is 22.6 Å². The molecule has 0 fully saturated rings. The van der Waals surface area contributed by atoms with Gasteiger partial charge in [0.15, 0.2) is 0 Å². The van der Waals surface area contributed by atoms with Crippen molar-refractivity contribution in [1.29, 1.82) is 0 Å². The van der Waals surface area contributed by atoms with Crippen LogP contribution in [0.3, 0.4) is 0 Å². The van der Waals surface area contributed by atoms with Crippen LogP contribution in [0.2, 0.25) is 0 Å². The van der Waals surface area contributed by atoms with Crippen molar-refractivity contribution in [2.75, 3.05) is 0 Å². The van der Waals surface area contributed by atoms with Gasteiger partial charge in [0, 0.05) is 16.7 Å². The molecule has 2 aromatic carbocycles. The third-order valence-corrected chi connectivity index (χ3v) is 3.60. The monoisotopic (exact) mass is 267 g/mol. The van der Waals surface area contributed by atoms with Crippen molar-refractivity contribution < 1.29 is 14.7 Å². The Kier molecular flexibility index (Phi) is 2.22. The molecule has 0 aliphatic carbocycles. The van der Waals surface area contributed by atoms with Gasteiger partial charge in [0.25, 0.3) is 0 Å². The molecule has 0 amide bonds. The van der Waals surface area contributed by atoms with Crippen LogP contribution in [0.5, 0.6) is 11.5 Å². The molecule has 0 aromatic heterocycles. The molecule has 4 nitrogen and oxygen atoms in total. The van der Waals surface area contributed by atoms with Crippen LogP contribution in [0.4, 0.5) is 0 Å². The van der Waals surface area contributed by atoms with Crippen molar-refractivity contribution in [1.82, 2.24) is 5.48 Å². The van der Waals surface area contributed by atoms with Crippen LogP contribution in [-0.2, 0) is 4.84 Å². The number of ether oxygens (including phenoxy) is 1. The van der Waals surface area contributed by atoms with Gasteiger partial charge in [-0.1, -0.05) is 30.3 Å². The highest BCUT2D eigenvalue weighted by atomic mass is 16.7. The normalized spacial score (nSPS) is 23.1. The second kappa shape index (κ2) is 3.85. The zero-order valence-corrected chi connectivity index (χ0v) is 10.9. The minimum atomic E-state index is -1.40. The van der Waals surface area contributed by atoms with Crippen LogP contribution in [-0.4, -0.2) is 10.9 Å². The van der Waals surface area contributed by atoms with Gasteiger partial charge in [-0.3, -0.25) is 5.48 Å². The maximum absolute atomic E-state index is 10.5. The van der Waals surface area contributed by atoms with E-state index in [-0.39, 0.29) is 0 Å². The summed E-state index contributed by atoms with van der Waals surface area (Å²) in [5.41, 5.74) is 5.97. The maximum Gasteiger partial charge on any atom is 0.217 e. The topological polar surface area (TPSA) is 50.7 Å². The molecule has 0 saturated heterocycles. The molecule has 2 N–H and O–H groups in total. The second-order valence-electron chi connectivity index (χ2n) is 5.03. The van der Waals surface area contributed by atoms with Crippen LogP contribution in [0.1, 0.15) is 18.1 Å². The predicted molar refractivity (Wildman–Crippen MR) is 74.6 cm³/mol. The molecule has 2 aliphatic heterocycles. The molecule has 0 spiro atoms. The molecular weight excluding hydrogens is 254 g/mol. The number of hydrogen-bond acceptors (Lipinski definition) is 4. The van der Waals surface area contributed by atoms with Crippen molar-refractivity contribution in [3.8, 4) is 11.5 Å². The fraction of sp³-hybridized carbons (Fsp3) is 0.125. The first-order valence-corrected chi connectivity index (χ1v) is 6.44. The summed E-state index contributed by atoms with van der Waals surface area (Å²) >= 11 is 0. The number of fused-ring (bicyclic) bond motifs is 4. The van der Waals surface area contributed by atoms with Crippen LogP contribution < -0.4 is 10.2 Å². The third kappa shape index (κ3) is 1.49. The van der Waals surface area contributed by atoms with E-state index in [0.29, 0.717) is 11.3 Å². The minimum absolute atomic E-state index is 0.693. The highest BCUT2D eigenvalue weighted by molar-refractivity contribution is 5.97. The van der Waals surface area contributed by atoms with Crippen molar-refractivity contribution in [2.24, 2.45) is 0 Å². The Morgan fingerprint density at radius 2 is 1.55 bits per heavy atom. The zero-order valence-electron chi connectivity index (χ0n) is 10.9. The number of para-hydroxylation sites is 2. The van der Waals surface area contributed by atoms with E-state index in [1.807, 2.05) is 48.5 Å². The van der Waals surface area contributed by atoms with Gasteiger partial charge < -0.3 is 9.84 Å². The number of benzene rings is 2. The molecule has 100 valence electrons. The predicted octanol–water partition coefficient (Wildman–Crippen LogP) is 2.90. The van der Waals surface area contributed by atoms with Crippen molar-refractivity contribution in [2.45, 2.75) is 12.7 Å². The largest absolute Gasteiger partial charge is 0.456 e. The Bertz CT molecular complexity index is 734. The fourth-order valence-corrected chi connectivity index (χ4v) is 2.70. The van der Waals surface area contributed by atoms with Gasteiger partial charge in [0.2, 0.25) is 5.79 Å². The van der Waals surface area contributed by atoms with E-state index in [1.54, 1.807) is 6.92 Å². The Morgan fingerprint density at radius 1 is 0.950 bits per heavy atom. The molecule has 0 bridgehead atoms. The summed E-state index contributed by atoms with van der Waals surface area (Å²) in [7, 11) is 0. The van der Waals surface area contributed by atoms with Gasteiger partial charge in [-0.05, 0) is 25.1 Å². The lowest BCUT2D eigenvalue weighted by atomic mass is 9.94. The summed E-state index contributed by atoms with van der Waals surface area (Å²) in [6.45, 7) is 1.62. The van der Waals surface area contributed by atoms with Gasteiger partial charge in [-0.2, -0.15) is 0 Å². The molecule has 0 saturated carbocycles. The first-order valence-electron chi connectivity index (χ1n) is 6.44. The van der Waals surface area contributed by atoms with E-state index < -0.39 is 5.79 Å². The Hall–Kier alpha value is -2.30. The summed E-state index contributed by atoms with van der Waals surface area (Å²) < 4.78 is 5.98.